The van der Waals surface area contributed by atoms with Crippen LogP contribution < -0.4 is 5.73 Å². The van der Waals surface area contributed by atoms with Gasteiger partial charge >= 0.3 is 0 Å². The second-order valence-electron chi connectivity index (χ2n) is 6.00. The smallest absolute Gasteiger partial charge is 0.246 e. The summed E-state index contributed by atoms with van der Waals surface area (Å²) in [6.07, 6.45) is 7.94. The highest BCUT2D eigenvalue weighted by atomic mass is 16.5. The van der Waals surface area contributed by atoms with Crippen molar-refractivity contribution in [1.82, 2.24) is 15.0 Å². The van der Waals surface area contributed by atoms with Crippen molar-refractivity contribution >= 4 is 5.91 Å². The molecule has 2 aliphatic rings. The Kier molecular flexibility index (Phi) is 3.74. The van der Waals surface area contributed by atoms with Crippen LogP contribution in [0.25, 0.3) is 0 Å². The van der Waals surface area contributed by atoms with Gasteiger partial charge in [-0.1, -0.05) is 18.0 Å². The van der Waals surface area contributed by atoms with E-state index in [1.807, 2.05) is 4.90 Å². The topological polar surface area (TPSA) is 85.2 Å². The third kappa shape index (κ3) is 2.70. The van der Waals surface area contributed by atoms with Crippen molar-refractivity contribution in [3.63, 3.8) is 0 Å². The molecule has 1 saturated heterocycles. The van der Waals surface area contributed by atoms with Gasteiger partial charge in [-0.2, -0.15) is 4.98 Å². The van der Waals surface area contributed by atoms with Gasteiger partial charge in [-0.05, 0) is 32.1 Å². The molecule has 110 valence electrons. The highest BCUT2D eigenvalue weighted by molar-refractivity contribution is 5.76. The molecule has 6 nitrogen and oxygen atoms in total. The number of nitrogens with zero attached hydrogens (tertiary/aromatic N) is 3. The molecule has 0 radical (unpaired) electrons. The number of aromatic nitrogens is 2. The molecule has 1 amide bonds. The summed E-state index contributed by atoms with van der Waals surface area (Å²) >= 11 is 0. The van der Waals surface area contributed by atoms with Crippen LogP contribution in [-0.2, 0) is 16.9 Å². The van der Waals surface area contributed by atoms with Crippen LogP contribution in [-0.4, -0.2) is 27.5 Å². The molecule has 1 aliphatic heterocycles. The third-order valence-corrected chi connectivity index (χ3v) is 4.41. The van der Waals surface area contributed by atoms with E-state index in [-0.39, 0.29) is 5.91 Å². The van der Waals surface area contributed by atoms with E-state index in [1.165, 1.54) is 6.42 Å². The van der Waals surface area contributed by atoms with E-state index in [9.17, 15) is 4.79 Å². The summed E-state index contributed by atoms with van der Waals surface area (Å²) in [5.41, 5.74) is 5.78. The summed E-state index contributed by atoms with van der Waals surface area (Å²) < 4.78 is 5.27. The summed E-state index contributed by atoms with van der Waals surface area (Å²) in [6.45, 7) is 1.20. The van der Waals surface area contributed by atoms with Gasteiger partial charge in [-0.3, -0.25) is 4.79 Å². The monoisotopic (exact) mass is 278 g/mol. The summed E-state index contributed by atoms with van der Waals surface area (Å²) in [5, 5.41) is 3.99. The normalized spacial score (nSPS) is 23.1. The fourth-order valence-electron chi connectivity index (χ4n) is 2.85. The van der Waals surface area contributed by atoms with Gasteiger partial charge in [0, 0.05) is 13.0 Å². The lowest BCUT2D eigenvalue weighted by Gasteiger charge is -2.34. The van der Waals surface area contributed by atoms with Crippen molar-refractivity contribution in [3.8, 4) is 0 Å². The predicted octanol–water partition coefficient (Wildman–Crippen LogP) is 1.70. The number of hydrogen-bond donors (Lipinski definition) is 1. The van der Waals surface area contributed by atoms with E-state index in [4.69, 9.17) is 10.3 Å². The van der Waals surface area contributed by atoms with E-state index in [2.05, 4.69) is 10.1 Å². The lowest BCUT2D eigenvalue weighted by Crippen LogP contribution is -2.44. The number of hydrogen-bond acceptors (Lipinski definition) is 5. The number of likely N-dealkylation sites (tertiary alicyclic amines) is 1. The molecular formula is C14H22N4O2. The van der Waals surface area contributed by atoms with E-state index in [1.54, 1.807) is 0 Å². The van der Waals surface area contributed by atoms with E-state index in [0.717, 1.165) is 45.1 Å². The molecule has 1 saturated carbocycles. The van der Waals surface area contributed by atoms with Crippen LogP contribution in [0.15, 0.2) is 4.52 Å². The number of carbonyl (C=O) groups excluding carboxylic acids is 1. The maximum absolute atomic E-state index is 12.1. The Morgan fingerprint density at radius 2 is 2.00 bits per heavy atom. The second-order valence-corrected chi connectivity index (χ2v) is 6.00. The molecule has 0 aromatic carbocycles. The van der Waals surface area contributed by atoms with Crippen molar-refractivity contribution in [2.75, 3.05) is 6.54 Å². The summed E-state index contributed by atoms with van der Waals surface area (Å²) in [7, 11) is 0. The fourth-order valence-corrected chi connectivity index (χ4v) is 2.85. The number of amides is 1. The van der Waals surface area contributed by atoms with Crippen LogP contribution in [0.2, 0.25) is 0 Å². The van der Waals surface area contributed by atoms with Gasteiger partial charge in [-0.25, -0.2) is 0 Å². The van der Waals surface area contributed by atoms with E-state index < -0.39 is 5.54 Å². The van der Waals surface area contributed by atoms with Gasteiger partial charge < -0.3 is 15.2 Å². The van der Waals surface area contributed by atoms with Crippen molar-refractivity contribution < 1.29 is 9.32 Å². The Morgan fingerprint density at radius 1 is 1.20 bits per heavy atom. The first-order chi connectivity index (χ1) is 9.67. The van der Waals surface area contributed by atoms with Crippen LogP contribution in [0, 0.1) is 0 Å². The average Bonchev–Trinajstić information content (AvgIpc) is 2.84. The third-order valence-electron chi connectivity index (χ3n) is 4.41. The zero-order valence-corrected chi connectivity index (χ0v) is 11.8. The number of carbonyl (C=O) groups is 1. The maximum atomic E-state index is 12.1. The minimum absolute atomic E-state index is 0.190. The largest absolute Gasteiger partial charge is 0.337 e. The molecule has 1 aromatic rings. The molecule has 20 heavy (non-hydrogen) atoms. The first kappa shape index (κ1) is 13.5. The number of rotatable bonds is 3. The molecule has 0 unspecified atom stereocenters. The molecule has 2 heterocycles. The maximum Gasteiger partial charge on any atom is 0.246 e. The Bertz CT molecular complexity index is 481. The van der Waals surface area contributed by atoms with Gasteiger partial charge in [0.05, 0.1) is 12.1 Å². The predicted molar refractivity (Wildman–Crippen MR) is 72.5 cm³/mol. The Morgan fingerprint density at radius 3 is 2.75 bits per heavy atom. The fraction of sp³-hybridized carbons (Fsp3) is 0.786. The Hall–Kier alpha value is -1.43. The quantitative estimate of drug-likeness (QED) is 0.909. The van der Waals surface area contributed by atoms with E-state index in [0.29, 0.717) is 24.7 Å². The van der Waals surface area contributed by atoms with Crippen LogP contribution in [0.3, 0.4) is 0 Å². The van der Waals surface area contributed by atoms with Crippen molar-refractivity contribution in [3.05, 3.63) is 11.7 Å². The highest BCUT2D eigenvalue weighted by Gasteiger charge is 2.39. The minimum atomic E-state index is -0.401. The van der Waals surface area contributed by atoms with Gasteiger partial charge in [0.1, 0.15) is 0 Å². The van der Waals surface area contributed by atoms with Gasteiger partial charge in [-0.15, -0.1) is 0 Å². The van der Waals surface area contributed by atoms with Crippen molar-refractivity contribution in [2.45, 2.75) is 63.5 Å². The van der Waals surface area contributed by atoms with E-state index >= 15 is 0 Å². The van der Waals surface area contributed by atoms with Crippen LogP contribution >= 0.6 is 0 Å². The Balaban J connectivity index is 1.65. The van der Waals surface area contributed by atoms with Crippen molar-refractivity contribution in [1.29, 1.82) is 0 Å². The molecule has 1 aromatic heterocycles. The molecular weight excluding hydrogens is 256 g/mol. The highest BCUT2D eigenvalue weighted by Crippen LogP contribution is 2.36. The first-order valence-electron chi connectivity index (χ1n) is 7.57. The summed E-state index contributed by atoms with van der Waals surface area (Å²) in [5.74, 6) is 1.29. The first-order valence-corrected chi connectivity index (χ1v) is 7.57. The van der Waals surface area contributed by atoms with Crippen LogP contribution in [0.5, 0.6) is 0 Å². The lowest BCUT2D eigenvalue weighted by molar-refractivity contribution is -0.132. The number of nitrogens with two attached hydrogens (primary N) is 1. The molecule has 6 heteroatoms. The molecule has 2 fully saturated rings. The van der Waals surface area contributed by atoms with Gasteiger partial charge in [0.15, 0.2) is 5.82 Å². The molecule has 2 N–H and O–H groups in total. The zero-order chi connectivity index (χ0) is 14.0. The average molecular weight is 278 g/mol. The molecule has 0 spiro atoms. The molecule has 0 bridgehead atoms. The zero-order valence-electron chi connectivity index (χ0n) is 11.8. The van der Waals surface area contributed by atoms with Gasteiger partial charge in [0.25, 0.3) is 0 Å². The molecule has 1 aliphatic carbocycles. The standard InChI is InChI=1S/C14H22N4O2/c15-14(7-5-8-14)13-16-11(20-17-13)10-18-9-4-2-1-3-6-12(18)19/h1-10,15H2. The van der Waals surface area contributed by atoms with Crippen LogP contribution in [0.4, 0.5) is 0 Å². The van der Waals surface area contributed by atoms with Crippen LogP contribution in [0.1, 0.15) is 63.1 Å². The lowest BCUT2D eigenvalue weighted by atomic mass is 9.77. The summed E-state index contributed by atoms with van der Waals surface area (Å²) in [6, 6.07) is 0. The SMILES string of the molecule is NC1(c2noc(CN3CCCCCCC3=O)n2)CCC1. The van der Waals surface area contributed by atoms with Gasteiger partial charge in [0.2, 0.25) is 11.8 Å². The van der Waals surface area contributed by atoms with Crippen molar-refractivity contribution in [2.24, 2.45) is 5.73 Å². The molecule has 0 atom stereocenters. The summed E-state index contributed by atoms with van der Waals surface area (Å²) in [4.78, 5) is 18.3. The minimum Gasteiger partial charge on any atom is -0.337 e. The second kappa shape index (κ2) is 5.52. The Labute approximate surface area is 118 Å². The molecule has 3 rings (SSSR count).